The number of rotatable bonds is 5. The lowest BCUT2D eigenvalue weighted by molar-refractivity contribution is -0.117. The van der Waals surface area contributed by atoms with Gasteiger partial charge in [0.2, 0.25) is 5.91 Å². The summed E-state index contributed by atoms with van der Waals surface area (Å²) in [6.07, 6.45) is 3.33. The predicted octanol–water partition coefficient (Wildman–Crippen LogP) is 4.07. The van der Waals surface area contributed by atoms with Crippen LogP contribution < -0.4 is 15.8 Å². The van der Waals surface area contributed by atoms with Crippen LogP contribution in [0.25, 0.3) is 0 Å². The molecule has 1 amide bonds. The second-order valence-electron chi connectivity index (χ2n) is 6.16. The van der Waals surface area contributed by atoms with E-state index in [0.717, 1.165) is 19.3 Å². The van der Waals surface area contributed by atoms with Gasteiger partial charge in [-0.25, -0.2) is 4.39 Å². The molecule has 3 N–H and O–H groups in total. The lowest BCUT2D eigenvalue weighted by Gasteiger charge is -2.16. The molecule has 126 valence electrons. The van der Waals surface area contributed by atoms with Crippen molar-refractivity contribution in [2.45, 2.75) is 31.7 Å². The fourth-order valence-electron chi connectivity index (χ4n) is 3.06. The summed E-state index contributed by atoms with van der Waals surface area (Å²) >= 11 is 0. The fraction of sp³-hybridized carbons (Fsp3) is 0.316. The Bertz CT molecular complexity index is 706. The monoisotopic (exact) mass is 328 g/mol. The number of anilines is 1. The molecule has 0 aliphatic heterocycles. The zero-order valence-electron chi connectivity index (χ0n) is 13.4. The molecule has 2 aromatic rings. The summed E-state index contributed by atoms with van der Waals surface area (Å²) in [5, 5.41) is 2.76. The molecular formula is C19H21FN2O2. The third-order valence-corrected chi connectivity index (χ3v) is 4.35. The molecule has 0 bridgehead atoms. The van der Waals surface area contributed by atoms with Gasteiger partial charge in [0.1, 0.15) is 11.6 Å². The molecule has 2 atom stereocenters. The smallest absolute Gasteiger partial charge is 0.224 e. The molecular weight excluding hydrogens is 307 g/mol. The standard InChI is InChI=1S/C19H21FN2O2/c20-14-9-10-18(24-15-6-2-1-3-7-15)17(12-14)22-19(23)11-13-5-4-8-16(13)21/h1-3,6-7,9-10,12-13,16H,4-5,8,11,21H2,(H,22,23)/t13-,16+/m0/s1. The SMILES string of the molecule is N[C@@H]1CCC[C@H]1CC(=O)Nc1cc(F)ccc1Oc1ccccc1. The second-order valence-corrected chi connectivity index (χ2v) is 6.16. The average Bonchev–Trinajstić information content (AvgIpc) is 2.96. The maximum Gasteiger partial charge on any atom is 0.224 e. The Morgan fingerprint density at radius 3 is 2.71 bits per heavy atom. The van der Waals surface area contributed by atoms with E-state index in [4.69, 9.17) is 10.5 Å². The lowest BCUT2D eigenvalue weighted by Crippen LogP contribution is -2.28. The van der Waals surface area contributed by atoms with Crippen LogP contribution in [0.4, 0.5) is 10.1 Å². The number of nitrogens with two attached hydrogens (primary N) is 1. The highest BCUT2D eigenvalue weighted by molar-refractivity contribution is 5.92. The maximum atomic E-state index is 13.6. The van der Waals surface area contributed by atoms with Crippen LogP contribution >= 0.6 is 0 Å². The summed E-state index contributed by atoms with van der Waals surface area (Å²) < 4.78 is 19.3. The van der Waals surface area contributed by atoms with Gasteiger partial charge >= 0.3 is 0 Å². The fourth-order valence-corrected chi connectivity index (χ4v) is 3.06. The Balaban J connectivity index is 1.72. The maximum absolute atomic E-state index is 13.6. The normalized spacial score (nSPS) is 19.9. The largest absolute Gasteiger partial charge is 0.455 e. The van der Waals surface area contributed by atoms with Crippen LogP contribution in [0.15, 0.2) is 48.5 Å². The number of benzene rings is 2. The van der Waals surface area contributed by atoms with Crippen molar-refractivity contribution in [2.24, 2.45) is 11.7 Å². The van der Waals surface area contributed by atoms with E-state index in [-0.39, 0.29) is 17.9 Å². The number of amides is 1. The molecule has 5 heteroatoms. The molecule has 4 nitrogen and oxygen atoms in total. The topological polar surface area (TPSA) is 64.4 Å². The van der Waals surface area contributed by atoms with Crippen LogP contribution in [0.1, 0.15) is 25.7 Å². The van der Waals surface area contributed by atoms with E-state index in [1.807, 2.05) is 18.2 Å². The molecule has 2 aromatic carbocycles. The van der Waals surface area contributed by atoms with Crippen molar-refractivity contribution in [3.63, 3.8) is 0 Å². The summed E-state index contributed by atoms with van der Waals surface area (Å²) in [4.78, 5) is 12.3. The highest BCUT2D eigenvalue weighted by atomic mass is 19.1. The van der Waals surface area contributed by atoms with Gasteiger partial charge < -0.3 is 15.8 Å². The van der Waals surface area contributed by atoms with Crippen LogP contribution in [0, 0.1) is 11.7 Å². The number of carbonyl (C=O) groups is 1. The van der Waals surface area contributed by atoms with E-state index in [2.05, 4.69) is 5.32 Å². The molecule has 1 aliphatic rings. The zero-order chi connectivity index (χ0) is 16.9. The summed E-state index contributed by atoms with van der Waals surface area (Å²) in [6, 6.07) is 13.3. The third kappa shape index (κ3) is 4.11. The molecule has 0 heterocycles. The molecule has 0 radical (unpaired) electrons. The van der Waals surface area contributed by atoms with Crippen molar-refractivity contribution < 1.29 is 13.9 Å². The van der Waals surface area contributed by atoms with E-state index < -0.39 is 5.82 Å². The van der Waals surface area contributed by atoms with Gasteiger partial charge in [0.05, 0.1) is 5.69 Å². The van der Waals surface area contributed by atoms with Gasteiger partial charge in [0.25, 0.3) is 0 Å². The van der Waals surface area contributed by atoms with Crippen LogP contribution in [0.3, 0.4) is 0 Å². The van der Waals surface area contributed by atoms with Gasteiger partial charge in [0, 0.05) is 18.5 Å². The lowest BCUT2D eigenvalue weighted by atomic mass is 10.00. The number of para-hydroxylation sites is 1. The number of halogens is 1. The molecule has 1 fully saturated rings. The summed E-state index contributed by atoms with van der Waals surface area (Å²) in [7, 11) is 0. The molecule has 0 saturated heterocycles. The minimum atomic E-state index is -0.428. The number of carbonyl (C=O) groups excluding carboxylic acids is 1. The van der Waals surface area contributed by atoms with E-state index in [9.17, 15) is 9.18 Å². The van der Waals surface area contributed by atoms with Crippen molar-refractivity contribution in [3.8, 4) is 11.5 Å². The summed E-state index contributed by atoms with van der Waals surface area (Å²) in [5.41, 5.74) is 6.34. The number of nitrogens with one attached hydrogen (secondary N) is 1. The Kier molecular flexibility index (Phi) is 5.11. The number of hydrogen-bond acceptors (Lipinski definition) is 3. The third-order valence-electron chi connectivity index (χ3n) is 4.35. The van der Waals surface area contributed by atoms with E-state index in [1.54, 1.807) is 12.1 Å². The van der Waals surface area contributed by atoms with Crippen molar-refractivity contribution in [1.82, 2.24) is 0 Å². The Labute approximate surface area is 140 Å². The van der Waals surface area contributed by atoms with E-state index >= 15 is 0 Å². The first-order chi connectivity index (χ1) is 11.6. The number of hydrogen-bond donors (Lipinski definition) is 2. The first-order valence-electron chi connectivity index (χ1n) is 8.20. The quantitative estimate of drug-likeness (QED) is 0.869. The minimum Gasteiger partial charge on any atom is -0.455 e. The highest BCUT2D eigenvalue weighted by Crippen LogP contribution is 2.31. The molecule has 0 unspecified atom stereocenters. The van der Waals surface area contributed by atoms with Crippen LogP contribution in [-0.2, 0) is 4.79 Å². The Hall–Kier alpha value is -2.40. The van der Waals surface area contributed by atoms with Crippen LogP contribution in [0.5, 0.6) is 11.5 Å². The van der Waals surface area contributed by atoms with Gasteiger partial charge in [-0.1, -0.05) is 24.6 Å². The molecule has 3 rings (SSSR count). The second kappa shape index (κ2) is 7.45. The van der Waals surface area contributed by atoms with E-state index in [0.29, 0.717) is 23.6 Å². The van der Waals surface area contributed by atoms with Gasteiger partial charge in [-0.05, 0) is 43.0 Å². The number of ether oxygens (including phenoxy) is 1. The Morgan fingerprint density at radius 2 is 2.00 bits per heavy atom. The first-order valence-corrected chi connectivity index (χ1v) is 8.20. The minimum absolute atomic E-state index is 0.0725. The van der Waals surface area contributed by atoms with Gasteiger partial charge in [-0.2, -0.15) is 0 Å². The van der Waals surface area contributed by atoms with Gasteiger partial charge in [-0.3, -0.25) is 4.79 Å². The molecule has 1 aliphatic carbocycles. The molecule has 24 heavy (non-hydrogen) atoms. The summed E-state index contributed by atoms with van der Waals surface area (Å²) in [5.74, 6) is 0.630. The first kappa shape index (κ1) is 16.5. The average molecular weight is 328 g/mol. The van der Waals surface area contributed by atoms with Crippen molar-refractivity contribution >= 4 is 11.6 Å². The zero-order valence-corrected chi connectivity index (χ0v) is 13.4. The van der Waals surface area contributed by atoms with Gasteiger partial charge in [-0.15, -0.1) is 0 Å². The molecule has 0 aromatic heterocycles. The summed E-state index contributed by atoms with van der Waals surface area (Å²) in [6.45, 7) is 0. The van der Waals surface area contributed by atoms with Crippen molar-refractivity contribution in [2.75, 3.05) is 5.32 Å². The molecule has 1 saturated carbocycles. The van der Waals surface area contributed by atoms with Crippen molar-refractivity contribution in [3.05, 3.63) is 54.3 Å². The van der Waals surface area contributed by atoms with E-state index in [1.165, 1.54) is 18.2 Å². The van der Waals surface area contributed by atoms with Crippen LogP contribution in [0.2, 0.25) is 0 Å². The molecule has 0 spiro atoms. The highest BCUT2D eigenvalue weighted by Gasteiger charge is 2.26. The van der Waals surface area contributed by atoms with Gasteiger partial charge in [0.15, 0.2) is 5.75 Å². The van der Waals surface area contributed by atoms with Crippen molar-refractivity contribution in [1.29, 1.82) is 0 Å². The Morgan fingerprint density at radius 1 is 1.21 bits per heavy atom. The predicted molar refractivity (Wildman–Crippen MR) is 91.5 cm³/mol. The van der Waals surface area contributed by atoms with Crippen LogP contribution in [-0.4, -0.2) is 11.9 Å².